The van der Waals surface area contributed by atoms with Gasteiger partial charge in [-0.3, -0.25) is 9.59 Å². The Morgan fingerprint density at radius 3 is 2.83 bits per heavy atom. The smallest absolute Gasteiger partial charge is 0.251 e. The Kier molecular flexibility index (Phi) is 6.08. The van der Waals surface area contributed by atoms with E-state index in [9.17, 15) is 18.4 Å². The van der Waals surface area contributed by atoms with Crippen LogP contribution in [0.25, 0.3) is 0 Å². The van der Waals surface area contributed by atoms with Gasteiger partial charge in [0.1, 0.15) is 11.6 Å². The van der Waals surface area contributed by atoms with Gasteiger partial charge < -0.3 is 10.3 Å². The lowest BCUT2D eigenvalue weighted by Crippen LogP contribution is -2.24. The molecule has 2 rings (SSSR count). The number of rotatable bonds is 6. The summed E-state index contributed by atoms with van der Waals surface area (Å²) in [5, 5.41) is 1.98. The zero-order valence-corrected chi connectivity index (χ0v) is 14.0. The van der Waals surface area contributed by atoms with E-state index in [2.05, 4.69) is 15.3 Å². The Balaban J connectivity index is 2.09. The van der Waals surface area contributed by atoms with Crippen molar-refractivity contribution in [1.29, 1.82) is 0 Å². The minimum Gasteiger partial charge on any atom is -0.323 e. The molecule has 0 saturated carbocycles. The van der Waals surface area contributed by atoms with E-state index in [1.165, 1.54) is 6.07 Å². The van der Waals surface area contributed by atoms with E-state index < -0.39 is 22.8 Å². The number of carbonyl (C=O) groups is 1. The third-order valence-corrected chi connectivity index (χ3v) is 4.11. The van der Waals surface area contributed by atoms with E-state index in [0.29, 0.717) is 17.3 Å². The summed E-state index contributed by atoms with van der Waals surface area (Å²) in [6, 6.07) is 4.24. The van der Waals surface area contributed by atoms with Crippen LogP contribution in [-0.4, -0.2) is 21.1 Å². The molecule has 1 aromatic heterocycles. The third kappa shape index (κ3) is 4.89. The van der Waals surface area contributed by atoms with Gasteiger partial charge in [0.2, 0.25) is 5.91 Å². The second-order valence-corrected chi connectivity index (χ2v) is 6.49. The van der Waals surface area contributed by atoms with Crippen LogP contribution < -0.4 is 10.9 Å². The summed E-state index contributed by atoms with van der Waals surface area (Å²) >= 11 is 1.04. The number of amides is 1. The number of nitrogens with zero attached hydrogens (tertiary/aromatic N) is 1. The lowest BCUT2D eigenvalue weighted by molar-refractivity contribution is -0.115. The number of aromatic amines is 1. The predicted molar refractivity (Wildman–Crippen MR) is 89.2 cm³/mol. The Morgan fingerprint density at radius 1 is 1.38 bits per heavy atom. The minimum atomic E-state index is -0.724. The number of hydrogen-bond acceptors (Lipinski definition) is 4. The standard InChI is InChI=1S/C16H17F2N3O2S/c1-3-4-11-8-14(22)21-16(19-11)24-9(2)15(23)20-13-7-10(17)5-6-12(13)18/h5-9H,3-4H2,1-2H3,(H,20,23)(H,19,21,22). The van der Waals surface area contributed by atoms with Crippen LogP contribution in [0.15, 0.2) is 34.2 Å². The Labute approximate surface area is 141 Å². The molecule has 2 aromatic rings. The number of H-pyrrole nitrogens is 1. The highest BCUT2D eigenvalue weighted by Gasteiger charge is 2.18. The number of nitrogens with one attached hydrogen (secondary N) is 2. The molecule has 0 aliphatic carbocycles. The van der Waals surface area contributed by atoms with Crippen molar-refractivity contribution in [3.63, 3.8) is 0 Å². The summed E-state index contributed by atoms with van der Waals surface area (Å²) in [5.41, 5.74) is 0.126. The first-order chi connectivity index (χ1) is 11.4. The second kappa shape index (κ2) is 8.05. The SMILES string of the molecule is CCCc1cc(=O)[nH]c(SC(C)C(=O)Nc2cc(F)ccc2F)n1. The molecule has 5 nitrogen and oxygen atoms in total. The van der Waals surface area contributed by atoms with Crippen molar-refractivity contribution in [3.05, 3.63) is 51.9 Å². The van der Waals surface area contributed by atoms with Gasteiger partial charge in [0, 0.05) is 17.8 Å². The van der Waals surface area contributed by atoms with E-state index in [1.54, 1.807) is 6.92 Å². The Morgan fingerprint density at radius 2 is 2.12 bits per heavy atom. The fourth-order valence-electron chi connectivity index (χ4n) is 1.97. The first-order valence-corrected chi connectivity index (χ1v) is 8.29. The molecule has 0 aliphatic rings. The molecule has 128 valence electrons. The van der Waals surface area contributed by atoms with E-state index in [0.717, 1.165) is 36.4 Å². The molecule has 1 heterocycles. The third-order valence-electron chi connectivity index (χ3n) is 3.12. The number of aromatic nitrogens is 2. The van der Waals surface area contributed by atoms with Gasteiger partial charge in [-0.05, 0) is 25.5 Å². The van der Waals surface area contributed by atoms with Gasteiger partial charge in [0.05, 0.1) is 10.9 Å². The van der Waals surface area contributed by atoms with Crippen molar-refractivity contribution in [2.24, 2.45) is 0 Å². The maximum atomic E-state index is 13.6. The summed E-state index contributed by atoms with van der Waals surface area (Å²) in [6.07, 6.45) is 1.50. The van der Waals surface area contributed by atoms with E-state index >= 15 is 0 Å². The summed E-state index contributed by atoms with van der Waals surface area (Å²) in [7, 11) is 0. The molecular weight excluding hydrogens is 336 g/mol. The first kappa shape index (κ1) is 18.1. The Hall–Kier alpha value is -2.22. The van der Waals surface area contributed by atoms with Crippen LogP contribution in [0.3, 0.4) is 0 Å². The van der Waals surface area contributed by atoms with Crippen LogP contribution in [0.1, 0.15) is 26.0 Å². The van der Waals surface area contributed by atoms with Gasteiger partial charge in [0.15, 0.2) is 5.16 Å². The van der Waals surface area contributed by atoms with Crippen molar-refractivity contribution in [2.45, 2.75) is 37.1 Å². The van der Waals surface area contributed by atoms with Crippen molar-refractivity contribution < 1.29 is 13.6 Å². The molecule has 8 heteroatoms. The monoisotopic (exact) mass is 353 g/mol. The Bertz CT molecular complexity index is 795. The maximum Gasteiger partial charge on any atom is 0.251 e. The fraction of sp³-hybridized carbons (Fsp3) is 0.312. The lowest BCUT2D eigenvalue weighted by atomic mass is 10.2. The van der Waals surface area contributed by atoms with E-state index in [-0.39, 0.29) is 11.2 Å². The molecule has 1 amide bonds. The number of thioether (sulfide) groups is 1. The summed E-state index contributed by atoms with van der Waals surface area (Å²) in [4.78, 5) is 30.6. The number of aryl methyl sites for hydroxylation is 1. The zero-order valence-electron chi connectivity index (χ0n) is 13.2. The van der Waals surface area contributed by atoms with Crippen LogP contribution in [0.5, 0.6) is 0 Å². The molecule has 0 saturated heterocycles. The van der Waals surface area contributed by atoms with Gasteiger partial charge in [-0.25, -0.2) is 13.8 Å². The van der Waals surface area contributed by atoms with Crippen LogP contribution in [0, 0.1) is 11.6 Å². The molecule has 0 bridgehead atoms. The van der Waals surface area contributed by atoms with Gasteiger partial charge in [-0.2, -0.15) is 0 Å². The average Bonchev–Trinajstić information content (AvgIpc) is 2.50. The largest absolute Gasteiger partial charge is 0.323 e. The van der Waals surface area contributed by atoms with Crippen LogP contribution in [0.2, 0.25) is 0 Å². The molecule has 0 fully saturated rings. The lowest BCUT2D eigenvalue weighted by Gasteiger charge is -2.12. The number of carbonyl (C=O) groups excluding carboxylic acids is 1. The number of benzene rings is 1. The fourth-order valence-corrected chi connectivity index (χ4v) is 2.80. The average molecular weight is 353 g/mol. The summed E-state index contributed by atoms with van der Waals surface area (Å²) < 4.78 is 26.7. The topological polar surface area (TPSA) is 74.8 Å². The normalized spacial score (nSPS) is 12.0. The van der Waals surface area contributed by atoms with Crippen LogP contribution >= 0.6 is 11.8 Å². The highest BCUT2D eigenvalue weighted by atomic mass is 32.2. The van der Waals surface area contributed by atoms with Crippen LogP contribution in [-0.2, 0) is 11.2 Å². The summed E-state index contributed by atoms with van der Waals surface area (Å²) in [5.74, 6) is -1.89. The van der Waals surface area contributed by atoms with Gasteiger partial charge >= 0.3 is 0 Å². The molecule has 0 aliphatic heterocycles. The molecule has 2 N–H and O–H groups in total. The van der Waals surface area contributed by atoms with Crippen molar-refractivity contribution in [2.75, 3.05) is 5.32 Å². The van der Waals surface area contributed by atoms with E-state index in [4.69, 9.17) is 0 Å². The van der Waals surface area contributed by atoms with Crippen LogP contribution in [0.4, 0.5) is 14.5 Å². The maximum absolute atomic E-state index is 13.6. The number of hydrogen-bond donors (Lipinski definition) is 2. The molecule has 24 heavy (non-hydrogen) atoms. The molecule has 1 unspecified atom stereocenters. The first-order valence-electron chi connectivity index (χ1n) is 7.42. The molecule has 0 radical (unpaired) electrons. The minimum absolute atomic E-state index is 0.228. The molecular formula is C16H17F2N3O2S. The number of halogens is 2. The predicted octanol–water partition coefficient (Wildman–Crippen LogP) is 3.12. The van der Waals surface area contributed by atoms with Gasteiger partial charge in [-0.1, -0.05) is 25.1 Å². The van der Waals surface area contributed by atoms with Crippen molar-refractivity contribution >= 4 is 23.4 Å². The molecule has 1 aromatic carbocycles. The van der Waals surface area contributed by atoms with E-state index in [1.807, 2.05) is 6.92 Å². The van der Waals surface area contributed by atoms with Crippen molar-refractivity contribution in [3.8, 4) is 0 Å². The van der Waals surface area contributed by atoms with Gasteiger partial charge in [-0.15, -0.1) is 0 Å². The second-order valence-electron chi connectivity index (χ2n) is 5.17. The quantitative estimate of drug-likeness (QED) is 0.618. The summed E-state index contributed by atoms with van der Waals surface area (Å²) in [6.45, 7) is 3.56. The number of anilines is 1. The highest BCUT2D eigenvalue weighted by Crippen LogP contribution is 2.22. The molecule has 1 atom stereocenters. The zero-order chi connectivity index (χ0) is 17.7. The van der Waals surface area contributed by atoms with Crippen molar-refractivity contribution in [1.82, 2.24) is 9.97 Å². The van der Waals surface area contributed by atoms with Gasteiger partial charge in [0.25, 0.3) is 5.56 Å². The highest BCUT2D eigenvalue weighted by molar-refractivity contribution is 8.00. The molecule has 0 spiro atoms.